The fourth-order valence-corrected chi connectivity index (χ4v) is 4.82. The molecule has 0 saturated carbocycles. The number of amidine groups is 1. The van der Waals surface area contributed by atoms with Gasteiger partial charge in [-0.3, -0.25) is 19.9 Å². The lowest BCUT2D eigenvalue weighted by atomic mass is 10.0. The van der Waals surface area contributed by atoms with E-state index in [9.17, 15) is 9.59 Å². The quantitative estimate of drug-likeness (QED) is 0.161. The fraction of sp³-hybridized carbons (Fsp3) is 0.800. The average Bonchev–Trinajstić information content (AvgIpc) is 2.62. The highest BCUT2D eigenvalue weighted by atomic mass is 33.1. The van der Waals surface area contributed by atoms with Gasteiger partial charge in [0.25, 0.3) is 0 Å². The first-order chi connectivity index (χ1) is 11.5. The molecule has 0 aromatic rings. The van der Waals surface area contributed by atoms with E-state index in [-0.39, 0.29) is 17.6 Å². The summed E-state index contributed by atoms with van der Waals surface area (Å²) in [5.74, 6) is 2.65. The van der Waals surface area contributed by atoms with Crippen molar-refractivity contribution in [1.29, 1.82) is 0 Å². The van der Waals surface area contributed by atoms with Crippen molar-refractivity contribution in [3.05, 3.63) is 0 Å². The lowest BCUT2D eigenvalue weighted by Crippen LogP contribution is -2.52. The Hall–Kier alpha value is -0.220. The van der Waals surface area contributed by atoms with Crippen LogP contribution in [-0.2, 0) is 9.59 Å². The van der Waals surface area contributed by atoms with Crippen molar-refractivity contribution in [2.45, 2.75) is 50.7 Å². The molecule has 1 saturated heterocycles. The Morgan fingerprint density at radius 1 is 1.38 bits per heavy atom. The molecule has 6 nitrogen and oxygen atoms in total. The normalized spacial score (nSPS) is 26.5. The number of ketones is 2. The highest BCUT2D eigenvalue weighted by molar-refractivity contribution is 8.76. The van der Waals surface area contributed by atoms with Gasteiger partial charge < -0.3 is 11.5 Å². The van der Waals surface area contributed by atoms with Gasteiger partial charge in [-0.15, -0.1) is 0 Å². The van der Waals surface area contributed by atoms with E-state index < -0.39 is 12.1 Å². The zero-order chi connectivity index (χ0) is 17.9. The van der Waals surface area contributed by atoms with Crippen LogP contribution < -0.4 is 16.8 Å². The van der Waals surface area contributed by atoms with Gasteiger partial charge in [0.1, 0.15) is 5.78 Å². The lowest BCUT2D eigenvalue weighted by Gasteiger charge is -2.23. The third-order valence-corrected chi connectivity index (χ3v) is 6.49. The summed E-state index contributed by atoms with van der Waals surface area (Å²) in [7, 11) is 3.13. The molecule has 0 aliphatic carbocycles. The molecule has 0 amide bonds. The minimum atomic E-state index is -0.505. The number of hydrogen-bond donors (Lipinski definition) is 4. The molecule has 9 heteroatoms. The van der Waals surface area contributed by atoms with Gasteiger partial charge in [0, 0.05) is 24.5 Å². The van der Waals surface area contributed by atoms with Crippen molar-refractivity contribution in [2.24, 2.45) is 16.5 Å². The number of nitrogens with two attached hydrogens (primary N) is 2. The molecule has 0 spiro atoms. The molecule has 1 heterocycles. The summed E-state index contributed by atoms with van der Waals surface area (Å²) in [5.41, 5.74) is 11.8. The Morgan fingerprint density at radius 3 is 2.75 bits per heavy atom. The molecule has 0 aromatic carbocycles. The van der Waals surface area contributed by atoms with Crippen LogP contribution in [0.25, 0.3) is 0 Å². The lowest BCUT2D eigenvalue weighted by molar-refractivity contribution is -0.123. The maximum atomic E-state index is 12.5. The average molecular weight is 393 g/mol. The number of nitrogens with one attached hydrogen (secondary N) is 1. The predicted molar refractivity (Wildman–Crippen MR) is 108 cm³/mol. The molecule has 1 aliphatic heterocycles. The highest BCUT2D eigenvalue weighted by Gasteiger charge is 2.29. The number of hydrogen-bond acceptors (Lipinski definition) is 8. The topological polar surface area (TPSA) is 111 Å². The second-order valence-corrected chi connectivity index (χ2v) is 8.80. The molecule has 1 aliphatic rings. The number of nitrogens with zero attached hydrogens (tertiary/aromatic N) is 1. The first-order valence-corrected chi connectivity index (χ1v) is 11.3. The Kier molecular flexibility index (Phi) is 11.1. The summed E-state index contributed by atoms with van der Waals surface area (Å²) < 4.78 is 0. The summed E-state index contributed by atoms with van der Waals surface area (Å²) in [4.78, 5) is 28.6. The molecule has 0 bridgehead atoms. The number of thiol groups is 1. The van der Waals surface area contributed by atoms with Gasteiger partial charge in [0.2, 0.25) is 0 Å². The highest BCUT2D eigenvalue weighted by Crippen LogP contribution is 2.25. The van der Waals surface area contributed by atoms with Crippen LogP contribution in [0, 0.1) is 0 Å². The third kappa shape index (κ3) is 8.24. The van der Waals surface area contributed by atoms with Crippen LogP contribution in [0.5, 0.6) is 0 Å². The van der Waals surface area contributed by atoms with Crippen LogP contribution in [0.2, 0.25) is 0 Å². The second kappa shape index (κ2) is 12.2. The summed E-state index contributed by atoms with van der Waals surface area (Å²) >= 11 is 4.15. The molecular weight excluding hydrogens is 364 g/mol. The molecule has 0 aromatic heterocycles. The van der Waals surface area contributed by atoms with E-state index >= 15 is 0 Å². The summed E-state index contributed by atoms with van der Waals surface area (Å²) in [6.07, 6.45) is 2.99. The van der Waals surface area contributed by atoms with E-state index in [2.05, 4.69) is 22.9 Å². The van der Waals surface area contributed by atoms with Gasteiger partial charge in [-0.2, -0.15) is 12.6 Å². The predicted octanol–water partition coefficient (Wildman–Crippen LogP) is 1.04. The van der Waals surface area contributed by atoms with Gasteiger partial charge >= 0.3 is 0 Å². The van der Waals surface area contributed by atoms with E-state index in [4.69, 9.17) is 11.5 Å². The number of carbonyl (C=O) groups is 2. The van der Waals surface area contributed by atoms with E-state index in [0.29, 0.717) is 30.3 Å². The van der Waals surface area contributed by atoms with Crippen LogP contribution in [0.3, 0.4) is 0 Å². The largest absolute Gasteiger partial charge is 0.387 e. The molecule has 1 rings (SSSR count). The van der Waals surface area contributed by atoms with Crippen molar-refractivity contribution in [3.8, 4) is 0 Å². The smallest absolute Gasteiger partial charge is 0.167 e. The third-order valence-electron chi connectivity index (χ3n) is 3.72. The number of Topliss-reactive ketones (excluding diaryl/α,β-unsaturated/α-hetero) is 2. The van der Waals surface area contributed by atoms with Gasteiger partial charge in [0.05, 0.1) is 24.0 Å². The van der Waals surface area contributed by atoms with Crippen LogP contribution >= 0.6 is 34.2 Å². The SMILES string of the molecule is CC(=O)C1CSSCC(N)C(=O)[C@H](CCCN=C(N)CCCS)N1. The van der Waals surface area contributed by atoms with E-state index in [1.54, 1.807) is 28.5 Å². The van der Waals surface area contributed by atoms with Crippen LogP contribution in [-0.4, -0.2) is 59.3 Å². The van der Waals surface area contributed by atoms with Crippen LogP contribution in [0.4, 0.5) is 0 Å². The Bertz CT molecular complexity index is 448. The first kappa shape index (κ1) is 21.8. The van der Waals surface area contributed by atoms with Gasteiger partial charge in [-0.1, -0.05) is 21.6 Å². The van der Waals surface area contributed by atoms with E-state index in [1.165, 1.54) is 0 Å². The minimum Gasteiger partial charge on any atom is -0.387 e. The maximum absolute atomic E-state index is 12.5. The summed E-state index contributed by atoms with van der Waals surface area (Å²) in [6.45, 7) is 2.13. The zero-order valence-corrected chi connectivity index (χ0v) is 16.6. The number of rotatable bonds is 8. The minimum absolute atomic E-state index is 0.0247. The van der Waals surface area contributed by atoms with Gasteiger partial charge in [-0.25, -0.2) is 0 Å². The molecular formula is C15H28N4O2S3. The molecule has 0 radical (unpaired) electrons. The first-order valence-electron chi connectivity index (χ1n) is 8.15. The van der Waals surface area contributed by atoms with Crippen molar-refractivity contribution in [2.75, 3.05) is 23.8 Å². The van der Waals surface area contributed by atoms with Crippen molar-refractivity contribution >= 4 is 51.6 Å². The molecule has 2 unspecified atom stereocenters. The molecule has 138 valence electrons. The Labute approximate surface area is 157 Å². The molecule has 1 fully saturated rings. The van der Waals surface area contributed by atoms with E-state index in [1.807, 2.05) is 0 Å². The van der Waals surface area contributed by atoms with Gasteiger partial charge in [-0.05, 0) is 31.9 Å². The Morgan fingerprint density at radius 2 is 2.08 bits per heavy atom. The summed E-state index contributed by atoms with van der Waals surface area (Å²) in [6, 6.07) is -1.22. The monoisotopic (exact) mass is 392 g/mol. The van der Waals surface area contributed by atoms with E-state index in [0.717, 1.165) is 25.0 Å². The van der Waals surface area contributed by atoms with Crippen molar-refractivity contribution < 1.29 is 9.59 Å². The van der Waals surface area contributed by atoms with Crippen LogP contribution in [0.1, 0.15) is 32.6 Å². The molecule has 24 heavy (non-hydrogen) atoms. The van der Waals surface area contributed by atoms with Gasteiger partial charge in [0.15, 0.2) is 5.78 Å². The number of carbonyl (C=O) groups excluding carboxylic acids is 2. The van der Waals surface area contributed by atoms with Crippen LogP contribution in [0.15, 0.2) is 4.99 Å². The second-order valence-electron chi connectivity index (χ2n) is 5.80. The fourth-order valence-electron chi connectivity index (χ4n) is 2.27. The molecule has 3 atom stereocenters. The van der Waals surface area contributed by atoms with Crippen molar-refractivity contribution in [1.82, 2.24) is 5.32 Å². The zero-order valence-electron chi connectivity index (χ0n) is 14.1. The maximum Gasteiger partial charge on any atom is 0.167 e. The molecule has 5 N–H and O–H groups in total. The number of aliphatic imine (C=N–C) groups is 1. The van der Waals surface area contributed by atoms with Crippen molar-refractivity contribution in [3.63, 3.8) is 0 Å². The standard InChI is InChI=1S/C15H28N4O2S3/c1-10(20)13-9-24-23-8-11(16)15(21)12(19-13)4-2-6-18-14(17)5-3-7-22/h11-13,19,22H,2-9,16H2,1H3,(H2,17,18)/t11?,12-,13?/m0/s1. The summed E-state index contributed by atoms with van der Waals surface area (Å²) in [5, 5.41) is 3.19. The Balaban J connectivity index is 2.58.